The van der Waals surface area contributed by atoms with E-state index in [0.29, 0.717) is 64.7 Å². The van der Waals surface area contributed by atoms with Crippen LogP contribution in [0.1, 0.15) is 37.8 Å². The summed E-state index contributed by atoms with van der Waals surface area (Å²) in [5.41, 5.74) is 14.0. The predicted molar refractivity (Wildman–Crippen MR) is 224 cm³/mol. The van der Waals surface area contributed by atoms with Gasteiger partial charge in [0.1, 0.15) is 17.5 Å². The summed E-state index contributed by atoms with van der Waals surface area (Å²) in [6.45, 7) is 3.64. The maximum atomic E-state index is 12.8. The first-order valence-corrected chi connectivity index (χ1v) is 19.4. The number of carbonyl (C=O) groups excluding carboxylic acids is 2. The Morgan fingerprint density at radius 1 is 0.898 bits per heavy atom. The number of hydrogen-bond acceptors (Lipinski definition) is 14. The molecule has 2 unspecified atom stereocenters. The van der Waals surface area contributed by atoms with Gasteiger partial charge in [0.05, 0.1) is 41.5 Å². The Hall–Kier alpha value is -6.96. The van der Waals surface area contributed by atoms with E-state index in [-0.39, 0.29) is 35.5 Å². The summed E-state index contributed by atoms with van der Waals surface area (Å²) in [4.78, 5) is 63.1. The largest absolute Gasteiger partial charge is 0.393 e. The molecule has 16 heteroatoms. The van der Waals surface area contributed by atoms with Crippen LogP contribution in [0, 0.1) is 35.0 Å². The van der Waals surface area contributed by atoms with Crippen molar-refractivity contribution in [1.82, 2.24) is 29.9 Å². The topological polar surface area (TPSA) is 239 Å². The highest BCUT2D eigenvalue weighted by molar-refractivity contribution is 6.01. The number of nitriles is 1. The molecule has 2 amide bonds. The molecule has 0 aliphatic heterocycles. The van der Waals surface area contributed by atoms with Crippen LogP contribution >= 0.6 is 0 Å². The van der Waals surface area contributed by atoms with E-state index in [0.717, 1.165) is 39.4 Å². The van der Waals surface area contributed by atoms with Crippen LogP contribution in [0.3, 0.4) is 0 Å². The first-order valence-electron chi connectivity index (χ1n) is 19.4. The third kappa shape index (κ3) is 8.66. The molecule has 6 N–H and O–H groups in total. The Bertz CT molecular complexity index is 2660. The SMILES string of the molecule is C/N=C/[C@H]1C[C@@H]1C(=O)Nc1cc2cc(-c3cnccc3CC(C)ONc3nc(-c4cnccc4CC(C)O)cc4cc(NC(=O)[C@@H]5C[C@H]5C#N)ncc34)nc(N)c2cn1. The summed E-state index contributed by atoms with van der Waals surface area (Å²) in [7, 11) is 1.70. The van der Waals surface area contributed by atoms with Gasteiger partial charge in [0.15, 0.2) is 5.82 Å². The van der Waals surface area contributed by atoms with Crippen molar-refractivity contribution >= 4 is 62.8 Å². The van der Waals surface area contributed by atoms with E-state index in [1.807, 2.05) is 31.2 Å². The number of pyridine rings is 6. The molecule has 298 valence electrons. The van der Waals surface area contributed by atoms with Crippen molar-refractivity contribution in [3.8, 4) is 28.6 Å². The van der Waals surface area contributed by atoms with E-state index in [9.17, 15) is 20.0 Å². The normalized spacial score (nSPS) is 19.2. The van der Waals surface area contributed by atoms with Crippen molar-refractivity contribution in [2.75, 3.05) is 28.9 Å². The van der Waals surface area contributed by atoms with Crippen LogP contribution in [-0.2, 0) is 27.3 Å². The van der Waals surface area contributed by atoms with Crippen LogP contribution in [0.2, 0.25) is 0 Å². The molecule has 59 heavy (non-hydrogen) atoms. The van der Waals surface area contributed by atoms with E-state index in [2.05, 4.69) is 47.1 Å². The number of amides is 2. The Labute approximate surface area is 339 Å². The quantitative estimate of drug-likeness (QED) is 0.0673. The molecule has 2 aliphatic rings. The van der Waals surface area contributed by atoms with Gasteiger partial charge in [0, 0.05) is 90.6 Å². The number of fused-ring (bicyclic) bond motifs is 2. The van der Waals surface area contributed by atoms with Crippen molar-refractivity contribution in [1.29, 1.82) is 5.26 Å². The molecule has 0 aromatic carbocycles. The van der Waals surface area contributed by atoms with Gasteiger partial charge in [-0.3, -0.25) is 24.4 Å². The molecular formula is C43H42N12O4. The monoisotopic (exact) mass is 790 g/mol. The zero-order valence-electron chi connectivity index (χ0n) is 32.6. The lowest BCUT2D eigenvalue weighted by Crippen LogP contribution is -2.18. The predicted octanol–water partition coefficient (Wildman–Crippen LogP) is 5.55. The maximum Gasteiger partial charge on any atom is 0.230 e. The fraction of sp³-hybridized carbons (Fsp3) is 0.302. The molecule has 0 saturated heterocycles. The minimum absolute atomic E-state index is 0.0943. The fourth-order valence-corrected chi connectivity index (χ4v) is 7.24. The van der Waals surface area contributed by atoms with E-state index in [1.54, 1.807) is 69.5 Å². The highest BCUT2D eigenvalue weighted by Crippen LogP contribution is 2.39. The molecule has 0 spiro atoms. The molecule has 2 fully saturated rings. The Balaban J connectivity index is 1.04. The van der Waals surface area contributed by atoms with E-state index in [4.69, 9.17) is 20.5 Å². The molecule has 2 aliphatic carbocycles. The van der Waals surface area contributed by atoms with Crippen LogP contribution in [0.5, 0.6) is 0 Å². The average molecular weight is 791 g/mol. The number of aliphatic hydroxyl groups is 1. The van der Waals surface area contributed by atoms with Gasteiger partial charge >= 0.3 is 0 Å². The molecular weight excluding hydrogens is 749 g/mol. The van der Waals surface area contributed by atoms with Crippen LogP contribution in [0.4, 0.5) is 23.3 Å². The van der Waals surface area contributed by atoms with Crippen molar-refractivity contribution in [2.24, 2.45) is 28.7 Å². The second-order valence-electron chi connectivity index (χ2n) is 15.2. The standard InChI is InChI=1S/C43H42N12O4/c1-22(56)8-24-4-6-47-18-32(24)37-13-27-15-39(53-42(57)30-10-28(30)16-44)50-21-35(27)41(52-37)55-59-23(2)9-25-5-7-48-19-33(25)36-12-26-14-38(49-20-34(26)40(45)51-36)54-43(58)31-11-29(31)17-46-3/h4-7,12-15,17-23,28-31,56H,8-11H2,1-3H3,(H2,45,51)(H,52,55)(H,49,54,58)(H,50,53,57)/b46-17+/t22?,23?,28-,29+,30+,31-/m0/s1. The first-order chi connectivity index (χ1) is 28.6. The van der Waals surface area contributed by atoms with Gasteiger partial charge < -0.3 is 26.5 Å². The lowest BCUT2D eigenvalue weighted by molar-refractivity contribution is -0.118. The summed E-state index contributed by atoms with van der Waals surface area (Å²) >= 11 is 0. The van der Waals surface area contributed by atoms with Crippen molar-refractivity contribution in [2.45, 2.75) is 51.7 Å². The highest BCUT2D eigenvalue weighted by atomic mass is 16.7. The molecule has 0 bridgehead atoms. The van der Waals surface area contributed by atoms with Gasteiger partial charge in [0.25, 0.3) is 0 Å². The number of nitrogens with zero attached hydrogens (tertiary/aromatic N) is 8. The maximum absolute atomic E-state index is 12.8. The summed E-state index contributed by atoms with van der Waals surface area (Å²) < 4.78 is 0. The highest BCUT2D eigenvalue weighted by Gasteiger charge is 2.43. The number of aromatic nitrogens is 6. The summed E-state index contributed by atoms with van der Waals surface area (Å²) in [5, 5.41) is 28.0. The molecule has 6 heterocycles. The average Bonchev–Trinajstić information content (AvgIpc) is 4.16. The van der Waals surface area contributed by atoms with E-state index >= 15 is 0 Å². The molecule has 2 saturated carbocycles. The van der Waals surface area contributed by atoms with Crippen molar-refractivity contribution < 1.29 is 19.5 Å². The first kappa shape index (κ1) is 38.9. The van der Waals surface area contributed by atoms with Crippen molar-refractivity contribution in [3.05, 3.63) is 84.7 Å². The number of aliphatic imine (C=N–C) groups is 1. The zero-order valence-corrected chi connectivity index (χ0v) is 32.6. The van der Waals surface area contributed by atoms with Crippen LogP contribution in [0.15, 0.2) is 78.6 Å². The third-order valence-electron chi connectivity index (χ3n) is 10.5. The van der Waals surface area contributed by atoms with Crippen LogP contribution in [0.25, 0.3) is 44.1 Å². The Morgan fingerprint density at radius 2 is 1.51 bits per heavy atom. The number of aliphatic hydroxyl groups excluding tert-OH is 1. The number of nitrogen functional groups attached to an aromatic ring is 1. The third-order valence-corrected chi connectivity index (χ3v) is 10.5. The van der Waals surface area contributed by atoms with Crippen molar-refractivity contribution in [3.63, 3.8) is 0 Å². The summed E-state index contributed by atoms with van der Waals surface area (Å²) in [6.07, 6.45) is 13.0. The van der Waals surface area contributed by atoms with Crippen LogP contribution in [-0.4, -0.2) is 72.3 Å². The minimum Gasteiger partial charge on any atom is -0.393 e. The Morgan fingerprint density at radius 3 is 2.14 bits per heavy atom. The lowest BCUT2D eigenvalue weighted by Gasteiger charge is -2.18. The second kappa shape index (κ2) is 16.5. The summed E-state index contributed by atoms with van der Waals surface area (Å²) in [5.74, 6) is 0.521. The zero-order chi connectivity index (χ0) is 41.2. The van der Waals surface area contributed by atoms with E-state index < -0.39 is 12.2 Å². The van der Waals surface area contributed by atoms with Gasteiger partial charge in [-0.1, -0.05) is 0 Å². The summed E-state index contributed by atoms with van der Waals surface area (Å²) in [6, 6.07) is 13.2. The van der Waals surface area contributed by atoms with E-state index in [1.165, 1.54) is 0 Å². The Kier molecular flexibility index (Phi) is 10.9. The van der Waals surface area contributed by atoms with Gasteiger partial charge in [0.2, 0.25) is 11.8 Å². The molecule has 16 nitrogen and oxygen atoms in total. The van der Waals surface area contributed by atoms with Gasteiger partial charge in [-0.25, -0.2) is 25.4 Å². The molecule has 6 atom stereocenters. The molecule has 8 rings (SSSR count). The number of nitrogens with one attached hydrogen (secondary N) is 3. The molecule has 6 aromatic rings. The number of anilines is 4. The molecule has 0 radical (unpaired) electrons. The smallest absolute Gasteiger partial charge is 0.230 e. The van der Waals surface area contributed by atoms with Gasteiger partial charge in [-0.05, 0) is 91.4 Å². The number of carbonyl (C=O) groups is 2. The lowest BCUT2D eigenvalue weighted by atomic mass is 10.0. The number of rotatable bonds is 14. The number of hydrogen-bond donors (Lipinski definition) is 5. The second-order valence-corrected chi connectivity index (χ2v) is 15.2. The number of nitrogens with two attached hydrogens (primary N) is 1. The van der Waals surface area contributed by atoms with Crippen LogP contribution < -0.4 is 21.8 Å². The fourth-order valence-electron chi connectivity index (χ4n) is 7.24. The van der Waals surface area contributed by atoms with Gasteiger partial charge in [-0.2, -0.15) is 5.26 Å². The minimum atomic E-state index is -0.591. The van der Waals surface area contributed by atoms with Gasteiger partial charge in [-0.15, -0.1) is 0 Å². The molecule has 6 aromatic heterocycles.